The number of aromatic nitrogens is 2. The molecule has 0 N–H and O–H groups in total. The van der Waals surface area contributed by atoms with Crippen molar-refractivity contribution in [2.24, 2.45) is 0 Å². The Hall–Kier alpha value is -2.33. The highest BCUT2D eigenvalue weighted by atomic mass is 35.5. The van der Waals surface area contributed by atoms with Gasteiger partial charge in [-0.1, -0.05) is 28.9 Å². The van der Waals surface area contributed by atoms with Gasteiger partial charge in [-0.3, -0.25) is 0 Å². The van der Waals surface area contributed by atoms with Gasteiger partial charge >= 0.3 is 0 Å². The second kappa shape index (κ2) is 5.97. The summed E-state index contributed by atoms with van der Waals surface area (Å²) < 4.78 is 10.2. The molecule has 0 aliphatic carbocycles. The molecule has 21 heavy (non-hydrogen) atoms. The van der Waals surface area contributed by atoms with E-state index in [4.69, 9.17) is 20.9 Å². The zero-order valence-electron chi connectivity index (χ0n) is 11.4. The van der Waals surface area contributed by atoms with E-state index in [0.717, 1.165) is 22.3 Å². The summed E-state index contributed by atoms with van der Waals surface area (Å²) >= 11 is 6.06. The van der Waals surface area contributed by atoms with Crippen LogP contribution in [-0.4, -0.2) is 17.3 Å². The van der Waals surface area contributed by atoms with Crippen LogP contribution in [0.2, 0.25) is 5.02 Å². The summed E-state index contributed by atoms with van der Waals surface area (Å²) in [5.74, 6) is 0.575. The third-order valence-electron chi connectivity index (χ3n) is 3.13. The van der Waals surface area contributed by atoms with Crippen LogP contribution in [0, 0.1) is 0 Å². The smallest absolute Gasteiger partial charge is 0.221 e. The highest BCUT2D eigenvalue weighted by molar-refractivity contribution is 6.30. The quantitative estimate of drug-likeness (QED) is 0.731. The molecule has 1 aromatic carbocycles. The molecule has 0 fully saturated rings. The molecule has 2 heterocycles. The highest BCUT2D eigenvalue weighted by Gasteiger charge is 2.10. The first-order valence-electron chi connectivity index (χ1n) is 6.43. The van der Waals surface area contributed by atoms with E-state index in [1.165, 1.54) is 0 Å². The Morgan fingerprint density at radius 2 is 2.10 bits per heavy atom. The van der Waals surface area contributed by atoms with Crippen LogP contribution in [0.15, 0.2) is 53.5 Å². The van der Waals surface area contributed by atoms with Gasteiger partial charge in [0.1, 0.15) is 6.26 Å². The van der Waals surface area contributed by atoms with Crippen molar-refractivity contribution < 1.29 is 9.26 Å². The Labute approximate surface area is 127 Å². The van der Waals surface area contributed by atoms with Crippen molar-refractivity contribution in [3.05, 3.63) is 65.1 Å². The lowest BCUT2D eigenvalue weighted by Gasteiger charge is -2.10. The summed E-state index contributed by atoms with van der Waals surface area (Å²) in [6.45, 7) is 0. The van der Waals surface area contributed by atoms with E-state index in [-0.39, 0.29) is 0 Å². The Balaban J connectivity index is 2.01. The number of benzene rings is 1. The van der Waals surface area contributed by atoms with Crippen LogP contribution in [0.3, 0.4) is 0 Å². The molecule has 0 radical (unpaired) electrons. The van der Waals surface area contributed by atoms with E-state index in [1.807, 2.05) is 30.3 Å². The topological polar surface area (TPSA) is 48.2 Å². The zero-order valence-corrected chi connectivity index (χ0v) is 12.2. The Kier molecular flexibility index (Phi) is 3.88. The lowest BCUT2D eigenvalue weighted by molar-refractivity contribution is 0.399. The average molecular weight is 301 g/mol. The van der Waals surface area contributed by atoms with Gasteiger partial charge in [0, 0.05) is 28.8 Å². The second-order valence-corrected chi connectivity index (χ2v) is 5.06. The Morgan fingerprint density at radius 1 is 1.19 bits per heavy atom. The fourth-order valence-electron chi connectivity index (χ4n) is 2.17. The lowest BCUT2D eigenvalue weighted by Crippen LogP contribution is -1.95. The Morgan fingerprint density at radius 3 is 2.81 bits per heavy atom. The first-order valence-corrected chi connectivity index (χ1v) is 6.81. The van der Waals surface area contributed by atoms with Gasteiger partial charge < -0.3 is 9.26 Å². The van der Waals surface area contributed by atoms with E-state index in [2.05, 4.69) is 10.1 Å². The van der Waals surface area contributed by atoms with E-state index >= 15 is 0 Å². The minimum atomic E-state index is 0.575. The van der Waals surface area contributed by atoms with Crippen molar-refractivity contribution in [1.29, 1.82) is 0 Å². The number of rotatable bonds is 4. The predicted molar refractivity (Wildman–Crippen MR) is 80.5 cm³/mol. The maximum Gasteiger partial charge on any atom is 0.221 e. The third kappa shape index (κ3) is 3.06. The van der Waals surface area contributed by atoms with Crippen LogP contribution >= 0.6 is 11.6 Å². The van der Waals surface area contributed by atoms with Gasteiger partial charge in [0.2, 0.25) is 5.88 Å². The maximum absolute atomic E-state index is 6.06. The number of ether oxygens (including phenoxy) is 1. The van der Waals surface area contributed by atoms with Gasteiger partial charge in [-0.05, 0) is 29.3 Å². The SMILES string of the molecule is COc1ncc(Cc2cnoc2)cc1-c1cccc(Cl)c1. The summed E-state index contributed by atoms with van der Waals surface area (Å²) in [5, 5.41) is 4.39. The number of hydrogen-bond acceptors (Lipinski definition) is 4. The fourth-order valence-corrected chi connectivity index (χ4v) is 2.36. The molecule has 2 aromatic heterocycles. The van der Waals surface area contributed by atoms with Crippen LogP contribution in [-0.2, 0) is 6.42 Å². The molecular weight excluding hydrogens is 288 g/mol. The van der Waals surface area contributed by atoms with Gasteiger partial charge in [0.15, 0.2) is 0 Å². The fraction of sp³-hybridized carbons (Fsp3) is 0.125. The summed E-state index contributed by atoms with van der Waals surface area (Å²) in [6.07, 6.45) is 5.82. The molecule has 0 saturated heterocycles. The summed E-state index contributed by atoms with van der Waals surface area (Å²) in [7, 11) is 1.61. The molecule has 0 amide bonds. The molecular formula is C16H13ClN2O2. The Bertz CT molecular complexity index is 742. The van der Waals surface area contributed by atoms with Crippen molar-refractivity contribution in [3.63, 3.8) is 0 Å². The van der Waals surface area contributed by atoms with E-state index in [1.54, 1.807) is 25.8 Å². The minimum Gasteiger partial charge on any atom is -0.481 e. The van der Waals surface area contributed by atoms with Gasteiger partial charge in [0.25, 0.3) is 0 Å². The molecule has 4 nitrogen and oxygen atoms in total. The van der Waals surface area contributed by atoms with Crippen LogP contribution in [0.5, 0.6) is 5.88 Å². The van der Waals surface area contributed by atoms with Gasteiger partial charge in [-0.25, -0.2) is 4.98 Å². The first-order chi connectivity index (χ1) is 10.3. The van der Waals surface area contributed by atoms with Crippen LogP contribution in [0.25, 0.3) is 11.1 Å². The number of halogens is 1. The zero-order chi connectivity index (χ0) is 14.7. The van der Waals surface area contributed by atoms with Crippen LogP contribution in [0.1, 0.15) is 11.1 Å². The first kappa shape index (κ1) is 13.6. The summed E-state index contributed by atoms with van der Waals surface area (Å²) in [6, 6.07) is 9.67. The minimum absolute atomic E-state index is 0.575. The monoisotopic (exact) mass is 300 g/mol. The van der Waals surface area contributed by atoms with Gasteiger partial charge in [-0.2, -0.15) is 0 Å². The molecule has 3 aromatic rings. The largest absolute Gasteiger partial charge is 0.481 e. The maximum atomic E-state index is 6.06. The molecule has 0 atom stereocenters. The van der Waals surface area contributed by atoms with E-state index in [9.17, 15) is 0 Å². The number of hydrogen-bond donors (Lipinski definition) is 0. The van der Waals surface area contributed by atoms with E-state index in [0.29, 0.717) is 17.3 Å². The van der Waals surface area contributed by atoms with Crippen LogP contribution < -0.4 is 4.74 Å². The van der Waals surface area contributed by atoms with Crippen molar-refractivity contribution in [2.75, 3.05) is 7.11 Å². The van der Waals surface area contributed by atoms with Crippen molar-refractivity contribution in [1.82, 2.24) is 10.1 Å². The van der Waals surface area contributed by atoms with Crippen molar-refractivity contribution in [2.45, 2.75) is 6.42 Å². The molecule has 0 spiro atoms. The molecule has 0 aliphatic heterocycles. The van der Waals surface area contributed by atoms with Crippen molar-refractivity contribution in [3.8, 4) is 17.0 Å². The van der Waals surface area contributed by atoms with Crippen molar-refractivity contribution >= 4 is 11.6 Å². The molecule has 0 bridgehead atoms. The molecule has 3 rings (SSSR count). The molecule has 106 valence electrons. The highest BCUT2D eigenvalue weighted by Crippen LogP contribution is 2.30. The molecule has 0 unspecified atom stereocenters. The van der Waals surface area contributed by atoms with Gasteiger partial charge in [-0.15, -0.1) is 0 Å². The van der Waals surface area contributed by atoms with Gasteiger partial charge in [0.05, 0.1) is 13.3 Å². The normalized spacial score (nSPS) is 10.6. The average Bonchev–Trinajstić information content (AvgIpc) is 3.00. The van der Waals surface area contributed by atoms with E-state index < -0.39 is 0 Å². The molecule has 5 heteroatoms. The third-order valence-corrected chi connectivity index (χ3v) is 3.36. The second-order valence-electron chi connectivity index (χ2n) is 4.62. The summed E-state index contributed by atoms with van der Waals surface area (Å²) in [4.78, 5) is 4.37. The summed E-state index contributed by atoms with van der Waals surface area (Å²) in [5.41, 5.74) is 3.93. The lowest BCUT2D eigenvalue weighted by atomic mass is 10.0. The van der Waals surface area contributed by atoms with Crippen LogP contribution in [0.4, 0.5) is 0 Å². The molecule has 0 aliphatic rings. The molecule has 0 saturated carbocycles. The number of nitrogens with zero attached hydrogens (tertiary/aromatic N) is 2. The number of methoxy groups -OCH3 is 1. The number of pyridine rings is 1. The standard InChI is InChI=1S/C16H13ClN2O2/c1-20-16-15(13-3-2-4-14(17)7-13)6-11(8-18-16)5-12-9-19-21-10-12/h2-4,6-10H,5H2,1H3. The predicted octanol–water partition coefficient (Wildman–Crippen LogP) is 3.99.